The standard InChI is InChI=1S/C17H20F2O5/c1-5-23-16(20)15-11(8-17(2,24-15)9-21-3)10-6-7-12(18)13(19)14(10)22-4/h6-7H,5,8-9H2,1-4H3. The Bertz CT molecular complexity index is 671. The molecule has 1 aromatic carbocycles. The minimum atomic E-state index is -1.12. The molecule has 2 rings (SSSR count). The number of ether oxygens (including phenoxy) is 4. The van der Waals surface area contributed by atoms with Gasteiger partial charge in [-0.1, -0.05) is 0 Å². The molecule has 1 heterocycles. The highest BCUT2D eigenvalue weighted by Crippen LogP contribution is 2.44. The maximum Gasteiger partial charge on any atom is 0.373 e. The van der Waals surface area contributed by atoms with Crippen LogP contribution in [0, 0.1) is 11.6 Å². The van der Waals surface area contributed by atoms with Crippen LogP contribution in [-0.2, 0) is 19.0 Å². The second-order valence-electron chi connectivity index (χ2n) is 5.63. The van der Waals surface area contributed by atoms with Gasteiger partial charge in [-0.3, -0.25) is 0 Å². The Labute approximate surface area is 139 Å². The van der Waals surface area contributed by atoms with Crippen LogP contribution in [0.25, 0.3) is 5.57 Å². The molecule has 0 aromatic heterocycles. The fourth-order valence-electron chi connectivity index (χ4n) is 2.73. The van der Waals surface area contributed by atoms with Gasteiger partial charge in [0, 0.05) is 24.7 Å². The van der Waals surface area contributed by atoms with E-state index in [0.717, 1.165) is 6.07 Å². The predicted octanol–water partition coefficient (Wildman–Crippen LogP) is 3.07. The van der Waals surface area contributed by atoms with Crippen LogP contribution >= 0.6 is 0 Å². The molecular formula is C17H20F2O5. The first-order chi connectivity index (χ1) is 11.4. The van der Waals surface area contributed by atoms with Gasteiger partial charge >= 0.3 is 5.97 Å². The number of carbonyl (C=O) groups is 1. The van der Waals surface area contributed by atoms with Crippen molar-refractivity contribution in [2.45, 2.75) is 25.9 Å². The third kappa shape index (κ3) is 3.36. The fraction of sp³-hybridized carbons (Fsp3) is 0.471. The fourth-order valence-corrected chi connectivity index (χ4v) is 2.73. The van der Waals surface area contributed by atoms with Crippen molar-refractivity contribution < 1.29 is 32.5 Å². The summed E-state index contributed by atoms with van der Waals surface area (Å²) in [6.07, 6.45) is 0.260. The molecule has 7 heteroatoms. The lowest BCUT2D eigenvalue weighted by Crippen LogP contribution is -2.30. The number of hydrogen-bond acceptors (Lipinski definition) is 5. The Hall–Kier alpha value is -2.15. The molecule has 0 N–H and O–H groups in total. The maximum atomic E-state index is 14.0. The first-order valence-electron chi connectivity index (χ1n) is 7.47. The van der Waals surface area contributed by atoms with Gasteiger partial charge in [-0.05, 0) is 26.0 Å². The van der Waals surface area contributed by atoms with Crippen molar-refractivity contribution in [1.82, 2.24) is 0 Å². The highest BCUT2D eigenvalue weighted by atomic mass is 19.2. The summed E-state index contributed by atoms with van der Waals surface area (Å²) in [6.45, 7) is 3.80. The molecule has 132 valence electrons. The number of esters is 1. The molecule has 0 spiro atoms. The van der Waals surface area contributed by atoms with Gasteiger partial charge in [-0.15, -0.1) is 0 Å². The molecule has 1 aliphatic heterocycles. The molecule has 0 aliphatic carbocycles. The Balaban J connectivity index is 2.56. The van der Waals surface area contributed by atoms with Gasteiger partial charge in [0.2, 0.25) is 11.6 Å². The monoisotopic (exact) mass is 342 g/mol. The zero-order valence-electron chi connectivity index (χ0n) is 14.1. The van der Waals surface area contributed by atoms with E-state index in [1.807, 2.05) is 0 Å². The SMILES string of the molecule is CCOC(=O)C1=C(c2ccc(F)c(F)c2OC)CC(C)(COC)O1. The Morgan fingerprint density at radius 3 is 2.62 bits per heavy atom. The molecule has 1 unspecified atom stereocenters. The summed E-state index contributed by atoms with van der Waals surface area (Å²) >= 11 is 0. The first kappa shape index (κ1) is 18.2. The van der Waals surface area contributed by atoms with Crippen LogP contribution in [0.4, 0.5) is 8.78 Å². The summed E-state index contributed by atoms with van der Waals surface area (Å²) in [5.41, 5.74) is -0.176. The predicted molar refractivity (Wildman–Crippen MR) is 82.4 cm³/mol. The van der Waals surface area contributed by atoms with Crippen LogP contribution in [0.1, 0.15) is 25.8 Å². The minimum absolute atomic E-state index is 0.0410. The van der Waals surface area contributed by atoms with E-state index in [2.05, 4.69) is 0 Å². The van der Waals surface area contributed by atoms with Crippen molar-refractivity contribution in [1.29, 1.82) is 0 Å². The summed E-state index contributed by atoms with van der Waals surface area (Å²) in [5.74, 6) is -3.14. The summed E-state index contributed by atoms with van der Waals surface area (Å²) in [4.78, 5) is 12.2. The highest BCUT2D eigenvalue weighted by Gasteiger charge is 2.42. The van der Waals surface area contributed by atoms with Crippen LogP contribution in [0.2, 0.25) is 0 Å². The quantitative estimate of drug-likeness (QED) is 0.744. The number of methoxy groups -OCH3 is 2. The Morgan fingerprint density at radius 1 is 1.33 bits per heavy atom. The third-order valence-corrected chi connectivity index (χ3v) is 3.66. The number of benzene rings is 1. The lowest BCUT2D eigenvalue weighted by atomic mass is 9.93. The largest absolute Gasteiger partial charge is 0.493 e. The summed E-state index contributed by atoms with van der Waals surface area (Å²) in [7, 11) is 2.74. The van der Waals surface area contributed by atoms with Crippen LogP contribution < -0.4 is 4.74 Å². The molecule has 1 aliphatic rings. The van der Waals surface area contributed by atoms with Gasteiger partial charge in [0.25, 0.3) is 0 Å². The second-order valence-corrected chi connectivity index (χ2v) is 5.63. The van der Waals surface area contributed by atoms with Crippen molar-refractivity contribution >= 4 is 11.5 Å². The van der Waals surface area contributed by atoms with E-state index < -0.39 is 23.2 Å². The topological polar surface area (TPSA) is 54.0 Å². The minimum Gasteiger partial charge on any atom is -0.493 e. The Morgan fingerprint density at radius 2 is 2.04 bits per heavy atom. The number of carbonyl (C=O) groups excluding carboxylic acids is 1. The van der Waals surface area contributed by atoms with Gasteiger partial charge in [-0.2, -0.15) is 4.39 Å². The molecule has 1 atom stereocenters. The molecule has 0 saturated carbocycles. The van der Waals surface area contributed by atoms with Gasteiger partial charge in [-0.25, -0.2) is 9.18 Å². The van der Waals surface area contributed by atoms with Gasteiger partial charge < -0.3 is 18.9 Å². The summed E-state index contributed by atoms with van der Waals surface area (Å²) in [5, 5.41) is 0. The molecule has 1 aromatic rings. The van der Waals surface area contributed by atoms with E-state index >= 15 is 0 Å². The molecule has 0 bridgehead atoms. The van der Waals surface area contributed by atoms with Crippen LogP contribution in [0.15, 0.2) is 17.9 Å². The number of hydrogen-bond donors (Lipinski definition) is 0. The van der Waals surface area contributed by atoms with Crippen molar-refractivity contribution in [2.75, 3.05) is 27.4 Å². The molecule has 0 amide bonds. The van der Waals surface area contributed by atoms with Gasteiger partial charge in [0.15, 0.2) is 11.6 Å². The van der Waals surface area contributed by atoms with Crippen LogP contribution in [0.5, 0.6) is 5.75 Å². The van der Waals surface area contributed by atoms with Crippen LogP contribution in [-0.4, -0.2) is 39.0 Å². The lowest BCUT2D eigenvalue weighted by Gasteiger charge is -2.23. The average Bonchev–Trinajstić information content (AvgIpc) is 2.88. The summed E-state index contributed by atoms with van der Waals surface area (Å²) < 4.78 is 48.4. The first-order valence-corrected chi connectivity index (χ1v) is 7.47. The van der Waals surface area contributed by atoms with Gasteiger partial charge in [0.05, 0.1) is 20.3 Å². The van der Waals surface area contributed by atoms with Crippen molar-refractivity contribution in [3.05, 3.63) is 35.1 Å². The molecule has 24 heavy (non-hydrogen) atoms. The molecule has 0 radical (unpaired) electrons. The molecular weight excluding hydrogens is 322 g/mol. The normalized spacial score (nSPS) is 20.1. The third-order valence-electron chi connectivity index (χ3n) is 3.66. The number of rotatable bonds is 6. The average molecular weight is 342 g/mol. The van der Waals surface area contributed by atoms with Crippen LogP contribution in [0.3, 0.4) is 0 Å². The van der Waals surface area contributed by atoms with E-state index in [4.69, 9.17) is 18.9 Å². The lowest BCUT2D eigenvalue weighted by molar-refractivity contribution is -0.145. The highest BCUT2D eigenvalue weighted by molar-refractivity contribution is 5.97. The second kappa shape index (κ2) is 7.17. The maximum absolute atomic E-state index is 14.0. The molecule has 0 fully saturated rings. The van der Waals surface area contributed by atoms with E-state index in [1.54, 1.807) is 13.8 Å². The zero-order valence-corrected chi connectivity index (χ0v) is 14.1. The van der Waals surface area contributed by atoms with E-state index in [9.17, 15) is 13.6 Å². The van der Waals surface area contributed by atoms with E-state index in [1.165, 1.54) is 20.3 Å². The van der Waals surface area contributed by atoms with Crippen molar-refractivity contribution in [3.8, 4) is 5.75 Å². The molecule has 5 nitrogen and oxygen atoms in total. The number of halogens is 2. The molecule has 0 saturated heterocycles. The smallest absolute Gasteiger partial charge is 0.373 e. The Kier molecular flexibility index (Phi) is 5.43. The van der Waals surface area contributed by atoms with Crippen molar-refractivity contribution in [3.63, 3.8) is 0 Å². The van der Waals surface area contributed by atoms with Crippen molar-refractivity contribution in [2.24, 2.45) is 0 Å². The van der Waals surface area contributed by atoms with Gasteiger partial charge in [0.1, 0.15) is 5.60 Å². The van der Waals surface area contributed by atoms with E-state index in [0.29, 0.717) is 5.57 Å². The zero-order chi connectivity index (χ0) is 17.9. The van der Waals surface area contributed by atoms with E-state index in [-0.39, 0.29) is 36.7 Å². The summed E-state index contributed by atoms with van der Waals surface area (Å²) in [6, 6.07) is 2.34.